The fourth-order valence-electron chi connectivity index (χ4n) is 7.45. The Hall–Kier alpha value is -7.22. The minimum absolute atomic E-state index is 0.284. The van der Waals surface area contributed by atoms with E-state index in [-0.39, 0.29) is 13.2 Å². The van der Waals surface area contributed by atoms with E-state index in [4.69, 9.17) is 37.9 Å². The maximum absolute atomic E-state index is 13.4. The van der Waals surface area contributed by atoms with Crippen LogP contribution in [-0.2, 0) is 28.7 Å². The van der Waals surface area contributed by atoms with Crippen LogP contribution in [0.5, 0.6) is 34.5 Å². The highest BCUT2D eigenvalue weighted by Gasteiger charge is 2.33. The predicted molar refractivity (Wildman–Crippen MR) is 253 cm³/mol. The summed E-state index contributed by atoms with van der Waals surface area (Å²) < 4.78 is 44.9. The molecule has 1 saturated carbocycles. The van der Waals surface area contributed by atoms with E-state index in [1.807, 2.05) is 0 Å². The number of rotatable bonds is 22. The summed E-state index contributed by atoms with van der Waals surface area (Å²) in [6, 6.07) is 16.6. The zero-order valence-corrected chi connectivity index (χ0v) is 39.7. The molecular weight excluding hydrogens is 873 g/mol. The van der Waals surface area contributed by atoms with Crippen molar-refractivity contribution in [1.29, 1.82) is 0 Å². The topological polar surface area (TPSA) is 176 Å². The molecule has 0 heterocycles. The molecule has 0 aliphatic heterocycles. The van der Waals surface area contributed by atoms with Gasteiger partial charge in [-0.2, -0.15) is 0 Å². The molecule has 1 fully saturated rings. The monoisotopic (exact) mass is 932 g/mol. The van der Waals surface area contributed by atoms with Crippen LogP contribution in [0.15, 0.2) is 86.0 Å². The first kappa shape index (κ1) is 51.8. The van der Waals surface area contributed by atoms with Gasteiger partial charge in [0, 0.05) is 12.2 Å². The van der Waals surface area contributed by atoms with Gasteiger partial charge in [0.25, 0.3) is 0 Å². The van der Waals surface area contributed by atoms with Crippen molar-refractivity contribution in [3.63, 3.8) is 0 Å². The SMILES string of the molecule is C=CC(=O)OCCCCOc1ccc(C(=O)Oc2c(C)cc(OC(=O)C3CCC(C(=O)Oc4cc(C)c(OC(=O)c5ccc(OCCCCOC(=O)C=C)cc5)c(C)c4C)CC3)c(C)c2C)cc1. The van der Waals surface area contributed by atoms with Gasteiger partial charge >= 0.3 is 35.8 Å². The molecule has 0 radical (unpaired) electrons. The van der Waals surface area contributed by atoms with Gasteiger partial charge in [-0.15, -0.1) is 0 Å². The van der Waals surface area contributed by atoms with Crippen molar-refractivity contribution in [3.05, 3.63) is 130 Å². The highest BCUT2D eigenvalue weighted by atomic mass is 16.6. The smallest absolute Gasteiger partial charge is 0.343 e. The first-order chi connectivity index (χ1) is 32.6. The summed E-state index contributed by atoms with van der Waals surface area (Å²) in [6.45, 7) is 18.9. The number of aryl methyl sites for hydroxylation is 2. The van der Waals surface area contributed by atoms with Crippen molar-refractivity contribution in [2.45, 2.75) is 92.9 Å². The molecule has 0 unspecified atom stereocenters. The average Bonchev–Trinajstić information content (AvgIpc) is 3.34. The molecule has 360 valence electrons. The Morgan fingerprint density at radius 3 is 1.16 bits per heavy atom. The third-order valence-corrected chi connectivity index (χ3v) is 11.8. The van der Waals surface area contributed by atoms with Crippen molar-refractivity contribution in [1.82, 2.24) is 0 Å². The summed E-state index contributed by atoms with van der Waals surface area (Å²) in [5.74, 6) is -0.956. The molecule has 0 aromatic heterocycles. The average molecular weight is 933 g/mol. The van der Waals surface area contributed by atoms with Gasteiger partial charge in [-0.1, -0.05) is 13.2 Å². The quantitative estimate of drug-likeness (QED) is 0.0315. The van der Waals surface area contributed by atoms with Crippen LogP contribution in [0, 0.1) is 53.4 Å². The van der Waals surface area contributed by atoms with E-state index >= 15 is 0 Å². The van der Waals surface area contributed by atoms with E-state index in [0.29, 0.717) is 144 Å². The molecule has 14 nitrogen and oxygen atoms in total. The summed E-state index contributed by atoms with van der Waals surface area (Å²) in [4.78, 5) is 75.4. The Morgan fingerprint density at radius 2 is 0.824 bits per heavy atom. The Balaban J connectivity index is 1.07. The van der Waals surface area contributed by atoms with Gasteiger partial charge in [0.05, 0.1) is 49.4 Å². The van der Waals surface area contributed by atoms with Crippen molar-refractivity contribution < 1.29 is 66.7 Å². The van der Waals surface area contributed by atoms with Crippen molar-refractivity contribution in [2.24, 2.45) is 11.8 Å². The standard InChI is InChI=1S/C54H60O14/c1-9-47(55)63-29-13-11-27-61-43-23-19-41(20-24-43)53(59)67-49-33(3)31-45(35(5)37(49)7)65-51(57)39-15-17-40(18-16-39)52(58)66-46-32-34(4)50(38(8)36(46)6)68-54(60)42-21-25-44(26-22-42)62-28-12-14-30-64-48(56)10-2/h9-10,19-26,31-32,39-40H,1-2,11-18,27-30H2,3-8H3. The fraction of sp³-hybridized carbons (Fsp3) is 0.370. The number of esters is 6. The summed E-state index contributed by atoms with van der Waals surface area (Å²) >= 11 is 0. The predicted octanol–water partition coefficient (Wildman–Crippen LogP) is 10.1. The molecule has 5 rings (SSSR count). The highest BCUT2D eigenvalue weighted by Crippen LogP contribution is 2.38. The Morgan fingerprint density at radius 1 is 0.485 bits per heavy atom. The molecule has 1 aliphatic carbocycles. The molecule has 4 aromatic rings. The second-order valence-electron chi connectivity index (χ2n) is 16.6. The third-order valence-electron chi connectivity index (χ3n) is 11.8. The van der Waals surface area contributed by atoms with Gasteiger partial charge in [-0.3, -0.25) is 9.59 Å². The minimum atomic E-state index is -0.549. The molecule has 0 atom stereocenters. The van der Waals surface area contributed by atoms with Crippen molar-refractivity contribution in [3.8, 4) is 34.5 Å². The lowest BCUT2D eigenvalue weighted by atomic mass is 9.82. The highest BCUT2D eigenvalue weighted by molar-refractivity contribution is 5.92. The summed E-state index contributed by atoms with van der Waals surface area (Å²) in [5, 5.41) is 0. The maximum atomic E-state index is 13.4. The minimum Gasteiger partial charge on any atom is -0.494 e. The summed E-state index contributed by atoms with van der Waals surface area (Å²) in [6.07, 6.45) is 6.64. The van der Waals surface area contributed by atoms with Gasteiger partial charge in [0.1, 0.15) is 34.5 Å². The molecule has 0 spiro atoms. The molecule has 4 aromatic carbocycles. The molecule has 14 heteroatoms. The largest absolute Gasteiger partial charge is 0.494 e. The molecule has 0 saturated heterocycles. The molecule has 68 heavy (non-hydrogen) atoms. The molecular formula is C54H60O14. The maximum Gasteiger partial charge on any atom is 0.343 e. The second kappa shape index (κ2) is 25.1. The van der Waals surface area contributed by atoms with Crippen LogP contribution >= 0.6 is 0 Å². The van der Waals surface area contributed by atoms with Crippen LogP contribution in [0.4, 0.5) is 0 Å². The fourth-order valence-corrected chi connectivity index (χ4v) is 7.45. The first-order valence-corrected chi connectivity index (χ1v) is 22.7. The van der Waals surface area contributed by atoms with Crippen LogP contribution in [0.25, 0.3) is 0 Å². The van der Waals surface area contributed by atoms with E-state index in [1.54, 1.807) is 102 Å². The zero-order chi connectivity index (χ0) is 49.3. The number of unbranched alkanes of at least 4 members (excludes halogenated alkanes) is 2. The number of hydrogen-bond donors (Lipinski definition) is 0. The lowest BCUT2D eigenvalue weighted by Gasteiger charge is -2.26. The summed E-state index contributed by atoms with van der Waals surface area (Å²) in [7, 11) is 0. The van der Waals surface area contributed by atoms with E-state index in [9.17, 15) is 28.8 Å². The van der Waals surface area contributed by atoms with E-state index < -0.39 is 47.7 Å². The van der Waals surface area contributed by atoms with E-state index in [0.717, 1.165) is 12.2 Å². The molecule has 0 amide bonds. The third kappa shape index (κ3) is 14.4. The van der Waals surface area contributed by atoms with Crippen LogP contribution in [0.3, 0.4) is 0 Å². The summed E-state index contributed by atoms with van der Waals surface area (Å²) in [5.41, 5.74) is 4.53. The Bertz CT molecular complexity index is 2300. The number of carbonyl (C=O) groups is 6. The van der Waals surface area contributed by atoms with E-state index in [2.05, 4.69) is 13.2 Å². The van der Waals surface area contributed by atoms with Crippen molar-refractivity contribution >= 4 is 35.8 Å². The van der Waals surface area contributed by atoms with Gasteiger partial charge in [-0.25, -0.2) is 19.2 Å². The van der Waals surface area contributed by atoms with Gasteiger partial charge in [0.2, 0.25) is 0 Å². The van der Waals surface area contributed by atoms with Gasteiger partial charge in [-0.05, 0) is 187 Å². The molecule has 0 N–H and O–H groups in total. The number of ether oxygens (including phenoxy) is 8. The normalized spacial score (nSPS) is 14.1. The zero-order valence-electron chi connectivity index (χ0n) is 39.7. The lowest BCUT2D eigenvalue weighted by molar-refractivity contribution is -0.145. The number of hydrogen-bond acceptors (Lipinski definition) is 14. The van der Waals surface area contributed by atoms with Gasteiger partial charge in [0.15, 0.2) is 0 Å². The lowest BCUT2D eigenvalue weighted by Crippen LogP contribution is -2.30. The van der Waals surface area contributed by atoms with Crippen LogP contribution in [-0.4, -0.2) is 62.2 Å². The van der Waals surface area contributed by atoms with Crippen LogP contribution in [0.1, 0.15) is 105 Å². The Labute approximate surface area is 397 Å². The van der Waals surface area contributed by atoms with Crippen molar-refractivity contribution in [2.75, 3.05) is 26.4 Å². The molecule has 0 bridgehead atoms. The Kier molecular flexibility index (Phi) is 19.1. The molecule has 1 aliphatic rings. The number of benzene rings is 4. The number of carbonyl (C=O) groups excluding carboxylic acids is 6. The van der Waals surface area contributed by atoms with Crippen LogP contribution in [0.2, 0.25) is 0 Å². The van der Waals surface area contributed by atoms with Gasteiger partial charge < -0.3 is 37.9 Å². The van der Waals surface area contributed by atoms with Crippen LogP contribution < -0.4 is 28.4 Å². The first-order valence-electron chi connectivity index (χ1n) is 22.7. The van der Waals surface area contributed by atoms with E-state index in [1.165, 1.54) is 0 Å². The second-order valence-corrected chi connectivity index (χ2v) is 16.6.